The predicted octanol–water partition coefficient (Wildman–Crippen LogP) is 5.92. The van der Waals surface area contributed by atoms with E-state index in [2.05, 4.69) is 39.1 Å². The van der Waals surface area contributed by atoms with Crippen LogP contribution >= 0.6 is 39.1 Å². The van der Waals surface area contributed by atoms with Crippen molar-refractivity contribution in [2.75, 3.05) is 26.7 Å². The van der Waals surface area contributed by atoms with Crippen LogP contribution in [0.4, 0.5) is 0 Å². The van der Waals surface area contributed by atoms with Crippen LogP contribution in [0.1, 0.15) is 30.9 Å². The van der Waals surface area contributed by atoms with E-state index in [0.717, 1.165) is 35.2 Å². The van der Waals surface area contributed by atoms with Crippen LogP contribution in [0.15, 0.2) is 34.8 Å². The SMILES string of the molecule is CCN1CCC[C@H]1CNCc1cc(Br)c(OCc2ccc(Cl)c(Cl)c2)c(OC)c1. The zero-order valence-corrected chi connectivity index (χ0v) is 19.9. The summed E-state index contributed by atoms with van der Waals surface area (Å²) in [6, 6.07) is 10.2. The molecule has 0 amide bonds. The molecular weight excluding hydrogens is 475 g/mol. The van der Waals surface area contributed by atoms with E-state index in [4.69, 9.17) is 32.7 Å². The van der Waals surface area contributed by atoms with Crippen LogP contribution in [0.2, 0.25) is 10.0 Å². The average molecular weight is 502 g/mol. The highest BCUT2D eigenvalue weighted by Gasteiger charge is 2.22. The molecule has 0 aliphatic carbocycles. The van der Waals surface area contributed by atoms with Crippen molar-refractivity contribution in [2.45, 2.75) is 39.0 Å². The number of likely N-dealkylation sites (N-methyl/N-ethyl adjacent to an activating group) is 1. The van der Waals surface area contributed by atoms with Gasteiger partial charge in [0, 0.05) is 19.1 Å². The van der Waals surface area contributed by atoms with Gasteiger partial charge in [-0.2, -0.15) is 0 Å². The summed E-state index contributed by atoms with van der Waals surface area (Å²) < 4.78 is 12.4. The van der Waals surface area contributed by atoms with Gasteiger partial charge in [-0.1, -0.05) is 36.2 Å². The quantitative estimate of drug-likeness (QED) is 0.462. The molecule has 1 heterocycles. The zero-order chi connectivity index (χ0) is 20.8. The van der Waals surface area contributed by atoms with Crippen molar-refractivity contribution in [3.63, 3.8) is 0 Å². The number of benzene rings is 2. The van der Waals surface area contributed by atoms with Crippen LogP contribution in [0.3, 0.4) is 0 Å². The van der Waals surface area contributed by atoms with E-state index < -0.39 is 0 Å². The monoisotopic (exact) mass is 500 g/mol. The van der Waals surface area contributed by atoms with Gasteiger partial charge in [0.15, 0.2) is 11.5 Å². The highest BCUT2D eigenvalue weighted by atomic mass is 79.9. The molecule has 1 N–H and O–H groups in total. The summed E-state index contributed by atoms with van der Waals surface area (Å²) in [5.74, 6) is 1.38. The second-order valence-corrected chi connectivity index (χ2v) is 8.87. The molecule has 4 nitrogen and oxygen atoms in total. The Hall–Kier alpha value is -0.980. The second kappa shape index (κ2) is 10.9. The number of rotatable bonds is 9. The standard InChI is InChI=1S/C22H27BrCl2N2O2/c1-3-27-8-4-5-17(27)13-26-12-16-9-18(23)22(21(11-16)28-2)29-14-15-6-7-19(24)20(25)10-15/h6-7,9-11,17,26H,3-5,8,12-14H2,1-2H3/t17-/m0/s1. The number of halogens is 3. The molecule has 1 fully saturated rings. The van der Waals surface area contributed by atoms with Crippen LogP contribution in [0, 0.1) is 0 Å². The topological polar surface area (TPSA) is 33.7 Å². The molecule has 0 bridgehead atoms. The van der Waals surface area contributed by atoms with Gasteiger partial charge in [-0.3, -0.25) is 4.90 Å². The third kappa shape index (κ3) is 6.02. The molecule has 3 rings (SSSR count). The summed E-state index contributed by atoms with van der Waals surface area (Å²) in [7, 11) is 1.66. The minimum atomic E-state index is 0.373. The number of nitrogens with zero attached hydrogens (tertiary/aromatic N) is 1. The minimum Gasteiger partial charge on any atom is -0.493 e. The lowest BCUT2D eigenvalue weighted by Crippen LogP contribution is -2.37. The van der Waals surface area contributed by atoms with Gasteiger partial charge in [-0.25, -0.2) is 0 Å². The average Bonchev–Trinajstić information content (AvgIpc) is 3.17. The molecule has 29 heavy (non-hydrogen) atoms. The van der Waals surface area contributed by atoms with Gasteiger partial charge in [0.2, 0.25) is 0 Å². The highest BCUT2D eigenvalue weighted by molar-refractivity contribution is 9.10. The Labute approximate surface area is 191 Å². The fourth-order valence-electron chi connectivity index (χ4n) is 3.73. The summed E-state index contributed by atoms with van der Waals surface area (Å²) in [6.07, 6.45) is 2.57. The highest BCUT2D eigenvalue weighted by Crippen LogP contribution is 2.37. The minimum absolute atomic E-state index is 0.373. The van der Waals surface area contributed by atoms with Crippen LogP contribution in [0.5, 0.6) is 11.5 Å². The zero-order valence-electron chi connectivity index (χ0n) is 16.8. The Kier molecular flexibility index (Phi) is 8.51. The van der Waals surface area contributed by atoms with E-state index >= 15 is 0 Å². The first kappa shape index (κ1) is 22.7. The molecule has 7 heteroatoms. The molecule has 2 aromatic carbocycles. The molecule has 158 valence electrons. The van der Waals surface area contributed by atoms with Crippen molar-refractivity contribution in [3.05, 3.63) is 56.0 Å². The lowest BCUT2D eigenvalue weighted by Gasteiger charge is -2.23. The van der Waals surface area contributed by atoms with Crippen molar-refractivity contribution >= 4 is 39.1 Å². The lowest BCUT2D eigenvalue weighted by atomic mass is 10.1. The molecule has 1 aliphatic rings. The number of methoxy groups -OCH3 is 1. The van der Waals surface area contributed by atoms with Crippen molar-refractivity contribution < 1.29 is 9.47 Å². The molecule has 1 atom stereocenters. The first-order valence-corrected chi connectivity index (χ1v) is 11.4. The van der Waals surface area contributed by atoms with E-state index in [1.807, 2.05) is 18.2 Å². The fraction of sp³-hybridized carbons (Fsp3) is 0.455. The number of nitrogens with one attached hydrogen (secondary N) is 1. The predicted molar refractivity (Wildman–Crippen MR) is 123 cm³/mol. The summed E-state index contributed by atoms with van der Waals surface area (Å²) in [5, 5.41) is 4.64. The van der Waals surface area contributed by atoms with Crippen molar-refractivity contribution in [2.24, 2.45) is 0 Å². The van der Waals surface area contributed by atoms with Crippen LogP contribution in [-0.4, -0.2) is 37.7 Å². The summed E-state index contributed by atoms with van der Waals surface area (Å²) >= 11 is 15.7. The second-order valence-electron chi connectivity index (χ2n) is 7.20. The van der Waals surface area contributed by atoms with Gasteiger partial charge < -0.3 is 14.8 Å². The Morgan fingerprint density at radius 3 is 2.72 bits per heavy atom. The van der Waals surface area contributed by atoms with Crippen LogP contribution in [-0.2, 0) is 13.2 Å². The number of likely N-dealkylation sites (tertiary alicyclic amines) is 1. The van der Waals surface area contributed by atoms with Gasteiger partial charge in [0.05, 0.1) is 21.6 Å². The third-order valence-electron chi connectivity index (χ3n) is 5.27. The van der Waals surface area contributed by atoms with Crippen molar-refractivity contribution in [1.82, 2.24) is 10.2 Å². The summed E-state index contributed by atoms with van der Waals surface area (Å²) in [6.45, 7) is 6.73. The van der Waals surface area contributed by atoms with Gasteiger partial charge in [-0.15, -0.1) is 0 Å². The maximum absolute atomic E-state index is 6.09. The van der Waals surface area contributed by atoms with Crippen LogP contribution < -0.4 is 14.8 Å². The molecule has 1 aliphatic heterocycles. The Bertz CT molecular complexity index is 835. The fourth-order valence-corrected chi connectivity index (χ4v) is 4.65. The van der Waals surface area contributed by atoms with Crippen molar-refractivity contribution in [3.8, 4) is 11.5 Å². The van der Waals surface area contributed by atoms with E-state index in [1.165, 1.54) is 19.4 Å². The molecule has 0 saturated carbocycles. The Morgan fingerprint density at radius 1 is 1.17 bits per heavy atom. The maximum Gasteiger partial charge on any atom is 0.175 e. The van der Waals surface area contributed by atoms with E-state index in [1.54, 1.807) is 13.2 Å². The van der Waals surface area contributed by atoms with E-state index in [-0.39, 0.29) is 0 Å². The Morgan fingerprint density at radius 2 is 2.00 bits per heavy atom. The number of hydrogen-bond donors (Lipinski definition) is 1. The van der Waals surface area contributed by atoms with Gasteiger partial charge in [-0.05, 0) is 77.3 Å². The van der Waals surface area contributed by atoms with Gasteiger partial charge in [0.25, 0.3) is 0 Å². The Balaban J connectivity index is 1.61. The van der Waals surface area contributed by atoms with Crippen LogP contribution in [0.25, 0.3) is 0 Å². The largest absolute Gasteiger partial charge is 0.493 e. The molecule has 0 aromatic heterocycles. The summed E-state index contributed by atoms with van der Waals surface area (Å²) in [5.41, 5.74) is 2.09. The lowest BCUT2D eigenvalue weighted by molar-refractivity contribution is 0.259. The molecular formula is C22H27BrCl2N2O2. The normalized spacial score (nSPS) is 16.9. The maximum atomic E-state index is 6.09. The molecule has 1 saturated heterocycles. The number of hydrogen-bond acceptors (Lipinski definition) is 4. The molecule has 2 aromatic rings. The van der Waals surface area contributed by atoms with Gasteiger partial charge in [0.1, 0.15) is 6.61 Å². The summed E-state index contributed by atoms with van der Waals surface area (Å²) in [4.78, 5) is 2.55. The molecule has 0 spiro atoms. The molecule has 0 unspecified atom stereocenters. The van der Waals surface area contributed by atoms with Crippen molar-refractivity contribution in [1.29, 1.82) is 0 Å². The van der Waals surface area contributed by atoms with Gasteiger partial charge >= 0.3 is 0 Å². The third-order valence-corrected chi connectivity index (χ3v) is 6.60. The van der Waals surface area contributed by atoms with E-state index in [9.17, 15) is 0 Å². The smallest absolute Gasteiger partial charge is 0.175 e. The first-order valence-electron chi connectivity index (χ1n) is 9.89. The first-order chi connectivity index (χ1) is 14.0. The number of ether oxygens (including phenoxy) is 2. The molecule has 0 radical (unpaired) electrons. The van der Waals surface area contributed by atoms with E-state index in [0.29, 0.717) is 34.2 Å².